The van der Waals surface area contributed by atoms with E-state index in [1.807, 2.05) is 30.3 Å². The van der Waals surface area contributed by atoms with Crippen molar-refractivity contribution < 1.29 is 9.18 Å². The zero-order valence-corrected chi connectivity index (χ0v) is 10.3. The molecule has 0 aliphatic rings. The monoisotopic (exact) mass is 259 g/mol. The number of hydrogen-bond acceptors (Lipinski definition) is 3. The van der Waals surface area contributed by atoms with E-state index >= 15 is 0 Å². The van der Waals surface area contributed by atoms with Gasteiger partial charge in [0.25, 0.3) is 0 Å². The number of nitrogens with zero attached hydrogens (tertiary/aromatic N) is 1. The highest BCUT2D eigenvalue weighted by molar-refractivity contribution is 5.80. The summed E-state index contributed by atoms with van der Waals surface area (Å²) in [6, 6.07) is 12.5. The van der Waals surface area contributed by atoms with Crippen LogP contribution in [0.1, 0.15) is 5.56 Å². The molecule has 0 spiro atoms. The first-order valence-electron chi connectivity index (χ1n) is 5.90. The van der Waals surface area contributed by atoms with E-state index < -0.39 is 5.95 Å². The zero-order valence-electron chi connectivity index (χ0n) is 10.3. The number of aromatic nitrogens is 1. The molecule has 5 heteroatoms. The number of carbonyl (C=O) groups excluding carboxylic acids is 1. The predicted octanol–water partition coefficient (Wildman–Crippen LogP) is 1.95. The predicted molar refractivity (Wildman–Crippen MR) is 71.0 cm³/mol. The molecule has 1 aromatic heterocycles. The van der Waals surface area contributed by atoms with E-state index in [1.54, 1.807) is 6.07 Å². The molecule has 2 rings (SSSR count). The summed E-state index contributed by atoms with van der Waals surface area (Å²) in [6.45, 7) is 0.572. The Bertz CT molecular complexity index is 545. The summed E-state index contributed by atoms with van der Waals surface area (Å²) in [7, 11) is 0. The van der Waals surface area contributed by atoms with Gasteiger partial charge in [0.1, 0.15) is 0 Å². The molecule has 98 valence electrons. The van der Waals surface area contributed by atoms with Gasteiger partial charge in [0.05, 0.1) is 6.54 Å². The molecule has 0 aliphatic carbocycles. The van der Waals surface area contributed by atoms with Crippen LogP contribution < -0.4 is 10.6 Å². The molecular weight excluding hydrogens is 245 g/mol. The Morgan fingerprint density at radius 2 is 2.00 bits per heavy atom. The highest BCUT2D eigenvalue weighted by atomic mass is 19.1. The fraction of sp³-hybridized carbons (Fsp3) is 0.143. The second-order valence-electron chi connectivity index (χ2n) is 3.98. The first-order valence-corrected chi connectivity index (χ1v) is 5.90. The lowest BCUT2D eigenvalue weighted by molar-refractivity contribution is -0.119. The number of anilines is 1. The molecule has 0 saturated heterocycles. The summed E-state index contributed by atoms with van der Waals surface area (Å²) in [5.41, 5.74) is 1.56. The lowest BCUT2D eigenvalue weighted by atomic mass is 10.2. The number of hydrogen-bond donors (Lipinski definition) is 2. The molecule has 2 N–H and O–H groups in total. The third kappa shape index (κ3) is 4.39. The number of carbonyl (C=O) groups is 1. The van der Waals surface area contributed by atoms with Gasteiger partial charge in [-0.3, -0.25) is 4.79 Å². The van der Waals surface area contributed by atoms with E-state index in [2.05, 4.69) is 15.6 Å². The van der Waals surface area contributed by atoms with Crippen LogP contribution in [0.4, 0.5) is 10.1 Å². The van der Waals surface area contributed by atoms with Crippen LogP contribution in [0.2, 0.25) is 0 Å². The normalized spacial score (nSPS) is 9.95. The van der Waals surface area contributed by atoms with Gasteiger partial charge < -0.3 is 10.6 Å². The highest BCUT2D eigenvalue weighted by Gasteiger charge is 2.02. The molecule has 1 heterocycles. The molecule has 1 aromatic carbocycles. The fourth-order valence-electron chi connectivity index (χ4n) is 1.55. The van der Waals surface area contributed by atoms with Crippen molar-refractivity contribution in [3.63, 3.8) is 0 Å². The first-order chi connectivity index (χ1) is 9.24. The van der Waals surface area contributed by atoms with Crippen LogP contribution in [-0.2, 0) is 11.3 Å². The molecule has 4 nitrogen and oxygen atoms in total. The summed E-state index contributed by atoms with van der Waals surface area (Å²) in [4.78, 5) is 15.0. The molecule has 0 aliphatic heterocycles. The van der Waals surface area contributed by atoms with Crippen LogP contribution in [0, 0.1) is 5.95 Å². The molecular formula is C14H14FN3O. The SMILES string of the molecule is O=C(CNc1ccnc(F)c1)NCc1ccccc1. The third-order valence-corrected chi connectivity index (χ3v) is 2.51. The van der Waals surface area contributed by atoms with Crippen molar-refractivity contribution in [2.24, 2.45) is 0 Å². The van der Waals surface area contributed by atoms with Gasteiger partial charge in [-0.2, -0.15) is 4.39 Å². The summed E-state index contributed by atoms with van der Waals surface area (Å²) in [6.07, 6.45) is 1.35. The van der Waals surface area contributed by atoms with Gasteiger partial charge in [-0.1, -0.05) is 30.3 Å². The van der Waals surface area contributed by atoms with E-state index in [0.717, 1.165) is 5.56 Å². The molecule has 0 radical (unpaired) electrons. The van der Waals surface area contributed by atoms with Crippen LogP contribution >= 0.6 is 0 Å². The van der Waals surface area contributed by atoms with Gasteiger partial charge >= 0.3 is 0 Å². The Kier molecular flexibility index (Phi) is 4.44. The van der Waals surface area contributed by atoms with Crippen LogP contribution in [0.5, 0.6) is 0 Å². The molecule has 0 bridgehead atoms. The summed E-state index contributed by atoms with van der Waals surface area (Å²) >= 11 is 0. The second-order valence-corrected chi connectivity index (χ2v) is 3.98. The number of halogens is 1. The number of nitrogens with one attached hydrogen (secondary N) is 2. The van der Waals surface area contributed by atoms with E-state index in [1.165, 1.54) is 12.3 Å². The first kappa shape index (κ1) is 13.0. The van der Waals surface area contributed by atoms with Crippen LogP contribution in [-0.4, -0.2) is 17.4 Å². The Balaban J connectivity index is 1.76. The standard InChI is InChI=1S/C14H14FN3O/c15-13-8-12(6-7-16-13)17-10-14(19)18-9-11-4-2-1-3-5-11/h1-8H,9-10H2,(H,16,17)(H,18,19). The molecule has 1 amide bonds. The van der Waals surface area contributed by atoms with Gasteiger partial charge in [0.15, 0.2) is 0 Å². The largest absolute Gasteiger partial charge is 0.376 e. The minimum Gasteiger partial charge on any atom is -0.376 e. The highest BCUT2D eigenvalue weighted by Crippen LogP contribution is 2.05. The van der Waals surface area contributed by atoms with Crippen molar-refractivity contribution >= 4 is 11.6 Å². The average Bonchev–Trinajstić information content (AvgIpc) is 2.44. The van der Waals surface area contributed by atoms with Crippen molar-refractivity contribution in [1.29, 1.82) is 0 Å². The summed E-state index contributed by atoms with van der Waals surface area (Å²) in [5.74, 6) is -0.726. The van der Waals surface area contributed by atoms with Gasteiger partial charge in [-0.25, -0.2) is 4.98 Å². The second kappa shape index (κ2) is 6.49. The third-order valence-electron chi connectivity index (χ3n) is 2.51. The van der Waals surface area contributed by atoms with Crippen LogP contribution in [0.3, 0.4) is 0 Å². The van der Waals surface area contributed by atoms with Crippen LogP contribution in [0.15, 0.2) is 48.7 Å². The van der Waals surface area contributed by atoms with Crippen molar-refractivity contribution in [3.05, 3.63) is 60.2 Å². The molecule has 0 saturated carbocycles. The molecule has 2 aromatic rings. The Morgan fingerprint density at radius 3 is 2.74 bits per heavy atom. The van der Waals surface area contributed by atoms with E-state index in [0.29, 0.717) is 12.2 Å². The quantitative estimate of drug-likeness (QED) is 0.807. The van der Waals surface area contributed by atoms with Gasteiger partial charge in [0.2, 0.25) is 11.9 Å². The van der Waals surface area contributed by atoms with Crippen LogP contribution in [0.25, 0.3) is 0 Å². The minimum absolute atomic E-state index is 0.0935. The maximum atomic E-state index is 12.8. The topological polar surface area (TPSA) is 54.0 Å². The maximum Gasteiger partial charge on any atom is 0.239 e. The number of amides is 1. The van der Waals surface area contributed by atoms with Crippen molar-refractivity contribution in [2.75, 3.05) is 11.9 Å². The van der Waals surface area contributed by atoms with Crippen molar-refractivity contribution in [2.45, 2.75) is 6.54 Å². The number of benzene rings is 1. The van der Waals surface area contributed by atoms with Crippen molar-refractivity contribution in [3.8, 4) is 0 Å². The minimum atomic E-state index is -0.574. The van der Waals surface area contributed by atoms with E-state index in [4.69, 9.17) is 0 Å². The Labute approximate surface area is 110 Å². The summed E-state index contributed by atoms with van der Waals surface area (Å²) in [5, 5.41) is 5.60. The van der Waals surface area contributed by atoms with Crippen molar-refractivity contribution in [1.82, 2.24) is 10.3 Å². The smallest absolute Gasteiger partial charge is 0.239 e. The lowest BCUT2D eigenvalue weighted by Gasteiger charge is -2.07. The molecule has 0 unspecified atom stereocenters. The van der Waals surface area contributed by atoms with Gasteiger partial charge in [-0.05, 0) is 11.6 Å². The zero-order chi connectivity index (χ0) is 13.5. The number of rotatable bonds is 5. The molecule has 19 heavy (non-hydrogen) atoms. The van der Waals surface area contributed by atoms with E-state index in [9.17, 15) is 9.18 Å². The van der Waals surface area contributed by atoms with Gasteiger partial charge in [0, 0.05) is 24.5 Å². The average molecular weight is 259 g/mol. The Hall–Kier alpha value is -2.43. The maximum absolute atomic E-state index is 12.8. The number of pyridine rings is 1. The summed E-state index contributed by atoms with van der Waals surface area (Å²) < 4.78 is 12.8. The Morgan fingerprint density at radius 1 is 1.21 bits per heavy atom. The fourth-order valence-corrected chi connectivity index (χ4v) is 1.55. The molecule has 0 fully saturated rings. The molecule has 0 atom stereocenters. The lowest BCUT2D eigenvalue weighted by Crippen LogP contribution is -2.29. The van der Waals surface area contributed by atoms with Gasteiger partial charge in [-0.15, -0.1) is 0 Å². The van der Waals surface area contributed by atoms with E-state index in [-0.39, 0.29) is 12.5 Å².